The molecule has 0 unspecified atom stereocenters. The Labute approximate surface area is 182 Å². The highest BCUT2D eigenvalue weighted by atomic mass is 32.2. The molecule has 2 aromatic carbocycles. The zero-order valence-corrected chi connectivity index (χ0v) is 18.2. The monoisotopic (exact) mass is 449 g/mol. The van der Waals surface area contributed by atoms with Gasteiger partial charge in [0.2, 0.25) is 10.0 Å². The number of carbonyl (C=O) groups excluding carboxylic acids is 1. The topological polar surface area (TPSA) is 78.9 Å². The van der Waals surface area contributed by atoms with Crippen LogP contribution in [0.3, 0.4) is 0 Å². The number of nitrogens with one attached hydrogen (secondary N) is 1. The van der Waals surface area contributed by atoms with Crippen molar-refractivity contribution < 1.29 is 22.3 Å². The molecule has 0 aromatic heterocycles. The van der Waals surface area contributed by atoms with Gasteiger partial charge in [0.25, 0.3) is 5.91 Å². The van der Waals surface area contributed by atoms with Crippen molar-refractivity contribution in [2.75, 3.05) is 51.6 Å². The number of halogens is 1. The lowest BCUT2D eigenvalue weighted by Gasteiger charge is -2.34. The maximum atomic E-state index is 12.8. The second-order valence-electron chi connectivity index (χ2n) is 7.38. The molecule has 1 amide bonds. The minimum atomic E-state index is -3.43. The maximum Gasteiger partial charge on any atom is 0.257 e. The van der Waals surface area contributed by atoms with Gasteiger partial charge in [0.15, 0.2) is 6.61 Å². The second-order valence-corrected chi connectivity index (χ2v) is 9.47. The number of hydrogen-bond acceptors (Lipinski definition) is 5. The molecule has 1 aliphatic heterocycles. The number of piperazine rings is 1. The summed E-state index contributed by atoms with van der Waals surface area (Å²) in [6.45, 7) is 2.97. The molecule has 2 aromatic rings. The average Bonchev–Trinajstić information content (AvgIpc) is 2.78. The van der Waals surface area contributed by atoms with Gasteiger partial charge in [0.1, 0.15) is 11.6 Å². The van der Waals surface area contributed by atoms with Gasteiger partial charge in [0, 0.05) is 39.3 Å². The quantitative estimate of drug-likeness (QED) is 0.595. The van der Waals surface area contributed by atoms with Crippen molar-refractivity contribution in [1.82, 2.24) is 14.5 Å². The fourth-order valence-electron chi connectivity index (χ4n) is 3.34. The highest BCUT2D eigenvalue weighted by Crippen LogP contribution is 2.11. The summed E-state index contributed by atoms with van der Waals surface area (Å²) in [4.78, 5) is 14.1. The largest absolute Gasteiger partial charge is 0.484 e. The number of amides is 1. The van der Waals surface area contributed by atoms with E-state index in [9.17, 15) is 17.6 Å². The zero-order chi connectivity index (χ0) is 22.1. The van der Waals surface area contributed by atoms with Crippen LogP contribution >= 0.6 is 0 Å². The summed E-state index contributed by atoms with van der Waals surface area (Å²) in [5.41, 5.74) is 1.27. The first kappa shape index (κ1) is 23.2. The molecule has 1 heterocycles. The van der Waals surface area contributed by atoms with Gasteiger partial charge in [-0.15, -0.1) is 0 Å². The van der Waals surface area contributed by atoms with Crippen LogP contribution in [0.15, 0.2) is 54.6 Å². The van der Waals surface area contributed by atoms with E-state index in [0.29, 0.717) is 31.9 Å². The normalized spacial score (nSPS) is 15.5. The van der Waals surface area contributed by atoms with E-state index in [1.54, 1.807) is 0 Å². The predicted molar refractivity (Wildman–Crippen MR) is 117 cm³/mol. The van der Waals surface area contributed by atoms with Crippen LogP contribution < -0.4 is 10.1 Å². The molecule has 1 aliphatic rings. The standard InChI is InChI=1S/C22H28FN3O4S/c23-20-6-8-21(9-7-20)30-18-22(27)24-11-17-31(28,29)26-15-13-25(14-16-26)12-10-19-4-2-1-3-5-19/h1-9H,10-18H2,(H,24,27). The Morgan fingerprint density at radius 1 is 1.00 bits per heavy atom. The van der Waals surface area contributed by atoms with Crippen molar-refractivity contribution in [3.63, 3.8) is 0 Å². The third-order valence-electron chi connectivity index (χ3n) is 5.15. The van der Waals surface area contributed by atoms with E-state index >= 15 is 0 Å². The molecule has 0 spiro atoms. The zero-order valence-electron chi connectivity index (χ0n) is 17.4. The lowest BCUT2D eigenvalue weighted by Crippen LogP contribution is -2.50. The van der Waals surface area contributed by atoms with Gasteiger partial charge in [-0.2, -0.15) is 4.31 Å². The molecule has 168 valence electrons. The Bertz CT molecular complexity index is 931. The van der Waals surface area contributed by atoms with Crippen molar-refractivity contribution in [1.29, 1.82) is 0 Å². The SMILES string of the molecule is O=C(COc1ccc(F)cc1)NCCS(=O)(=O)N1CCN(CCc2ccccc2)CC1. The number of carbonyl (C=O) groups is 1. The average molecular weight is 450 g/mol. The molecule has 7 nitrogen and oxygen atoms in total. The van der Waals surface area contributed by atoms with E-state index in [1.165, 1.54) is 34.1 Å². The fraction of sp³-hybridized carbons (Fsp3) is 0.409. The number of benzene rings is 2. The van der Waals surface area contributed by atoms with E-state index < -0.39 is 15.9 Å². The number of ether oxygens (including phenoxy) is 1. The number of sulfonamides is 1. The van der Waals surface area contributed by atoms with Crippen LogP contribution in [0, 0.1) is 5.82 Å². The van der Waals surface area contributed by atoms with Gasteiger partial charge < -0.3 is 15.0 Å². The molecule has 9 heteroatoms. The van der Waals surface area contributed by atoms with E-state index in [0.717, 1.165) is 13.0 Å². The first-order valence-electron chi connectivity index (χ1n) is 10.3. The number of hydrogen-bond donors (Lipinski definition) is 1. The Hall–Kier alpha value is -2.49. The lowest BCUT2D eigenvalue weighted by atomic mass is 10.1. The van der Waals surface area contributed by atoms with Crippen molar-refractivity contribution in [3.8, 4) is 5.75 Å². The Morgan fingerprint density at radius 3 is 2.35 bits per heavy atom. The minimum Gasteiger partial charge on any atom is -0.484 e. The summed E-state index contributed by atoms with van der Waals surface area (Å²) < 4.78 is 44.7. The number of rotatable bonds is 10. The van der Waals surface area contributed by atoms with Crippen LogP contribution in [0.4, 0.5) is 4.39 Å². The molecule has 1 N–H and O–H groups in total. The van der Waals surface area contributed by atoms with Gasteiger partial charge >= 0.3 is 0 Å². The van der Waals surface area contributed by atoms with E-state index in [4.69, 9.17) is 4.74 Å². The van der Waals surface area contributed by atoms with Crippen molar-refractivity contribution >= 4 is 15.9 Å². The van der Waals surface area contributed by atoms with Crippen LogP contribution in [-0.4, -0.2) is 75.2 Å². The van der Waals surface area contributed by atoms with Gasteiger partial charge in [-0.1, -0.05) is 30.3 Å². The molecule has 31 heavy (non-hydrogen) atoms. The molecule has 0 bridgehead atoms. The van der Waals surface area contributed by atoms with Crippen molar-refractivity contribution in [2.24, 2.45) is 0 Å². The van der Waals surface area contributed by atoms with Crippen LogP contribution in [-0.2, 0) is 21.2 Å². The van der Waals surface area contributed by atoms with E-state index in [-0.39, 0.29) is 24.7 Å². The molecule has 0 radical (unpaired) electrons. The molecular formula is C22H28FN3O4S. The lowest BCUT2D eigenvalue weighted by molar-refractivity contribution is -0.122. The summed E-state index contributed by atoms with van der Waals surface area (Å²) >= 11 is 0. The number of nitrogens with zero attached hydrogens (tertiary/aromatic N) is 2. The highest BCUT2D eigenvalue weighted by molar-refractivity contribution is 7.89. The molecule has 1 saturated heterocycles. The first-order chi connectivity index (χ1) is 14.9. The summed E-state index contributed by atoms with van der Waals surface area (Å²) in [5, 5.41) is 2.55. The fourth-order valence-corrected chi connectivity index (χ4v) is 4.68. The Kier molecular flexibility index (Phi) is 8.39. The van der Waals surface area contributed by atoms with Crippen molar-refractivity contribution in [2.45, 2.75) is 6.42 Å². The first-order valence-corrected chi connectivity index (χ1v) is 11.9. The van der Waals surface area contributed by atoms with Crippen LogP contribution in [0.2, 0.25) is 0 Å². The smallest absolute Gasteiger partial charge is 0.257 e. The van der Waals surface area contributed by atoms with E-state index in [2.05, 4.69) is 22.3 Å². The summed E-state index contributed by atoms with van der Waals surface area (Å²) in [7, 11) is -3.43. The van der Waals surface area contributed by atoms with Crippen LogP contribution in [0.5, 0.6) is 5.75 Å². The third kappa shape index (κ3) is 7.61. The third-order valence-corrected chi connectivity index (χ3v) is 7.02. The van der Waals surface area contributed by atoms with Gasteiger partial charge in [0.05, 0.1) is 5.75 Å². The van der Waals surface area contributed by atoms with E-state index in [1.807, 2.05) is 18.2 Å². The highest BCUT2D eigenvalue weighted by Gasteiger charge is 2.26. The summed E-state index contributed by atoms with van der Waals surface area (Å²) in [6.07, 6.45) is 0.944. The molecule has 0 aliphatic carbocycles. The van der Waals surface area contributed by atoms with Gasteiger partial charge in [-0.05, 0) is 36.2 Å². The Morgan fingerprint density at radius 2 is 1.68 bits per heavy atom. The Balaban J connectivity index is 1.33. The van der Waals surface area contributed by atoms with Gasteiger partial charge in [-0.3, -0.25) is 4.79 Å². The molecule has 0 saturated carbocycles. The van der Waals surface area contributed by atoms with Crippen molar-refractivity contribution in [3.05, 3.63) is 66.0 Å². The minimum absolute atomic E-state index is 0.0160. The molecular weight excluding hydrogens is 421 g/mol. The second kappa shape index (κ2) is 11.2. The van der Waals surface area contributed by atoms with Crippen LogP contribution in [0.1, 0.15) is 5.56 Å². The summed E-state index contributed by atoms with van der Waals surface area (Å²) in [5.74, 6) is -0.599. The predicted octanol–water partition coefficient (Wildman–Crippen LogP) is 1.51. The maximum absolute atomic E-state index is 12.8. The molecule has 3 rings (SSSR count). The van der Waals surface area contributed by atoms with Gasteiger partial charge in [-0.25, -0.2) is 12.8 Å². The van der Waals surface area contributed by atoms with Crippen LogP contribution in [0.25, 0.3) is 0 Å². The molecule has 1 fully saturated rings. The molecule has 0 atom stereocenters. The summed E-state index contributed by atoms with van der Waals surface area (Å²) in [6, 6.07) is 15.6.